The first-order valence-electron chi connectivity index (χ1n) is 8.89. The highest BCUT2D eigenvalue weighted by atomic mass is 32.1. The second-order valence-corrected chi connectivity index (χ2v) is 7.47. The topological polar surface area (TPSA) is 50.2 Å². The lowest BCUT2D eigenvalue weighted by Gasteiger charge is -2.21. The van der Waals surface area contributed by atoms with E-state index >= 15 is 0 Å². The molecule has 3 heterocycles. The molecule has 4 rings (SSSR count). The minimum absolute atomic E-state index is 0.0763. The van der Waals surface area contributed by atoms with Crippen LogP contribution in [0, 0.1) is 13.8 Å². The summed E-state index contributed by atoms with van der Waals surface area (Å²) in [5.41, 5.74) is 4.59. The molecule has 134 valence electrons. The molecule has 0 spiro atoms. The second kappa shape index (κ2) is 6.96. The highest BCUT2D eigenvalue weighted by molar-refractivity contribution is 7.12. The fourth-order valence-corrected chi connectivity index (χ4v) is 4.37. The number of anilines is 2. The van der Waals surface area contributed by atoms with Crippen LogP contribution in [0.4, 0.5) is 11.4 Å². The standard InChI is InChI=1S/C20H22N4OS/c1-14-13-16(15(2)24(14)20-21-9-12-26-20)19(25)22-17-7-3-4-8-18(17)23-10-5-6-11-23/h3-4,7-9,12-13H,5-6,10-11H2,1-2H3,(H,22,25). The normalized spacial score (nSPS) is 14.0. The zero-order valence-corrected chi connectivity index (χ0v) is 15.8. The number of aromatic nitrogens is 2. The molecular weight excluding hydrogens is 344 g/mol. The van der Waals surface area contributed by atoms with Crippen LogP contribution in [-0.4, -0.2) is 28.5 Å². The number of nitrogens with zero attached hydrogens (tertiary/aromatic N) is 3. The molecule has 2 aromatic heterocycles. The Morgan fingerprint density at radius 1 is 1.19 bits per heavy atom. The number of thiazole rings is 1. The lowest BCUT2D eigenvalue weighted by atomic mass is 10.2. The van der Waals surface area contributed by atoms with Gasteiger partial charge in [0.25, 0.3) is 5.91 Å². The van der Waals surface area contributed by atoms with Crippen molar-refractivity contribution in [3.05, 3.63) is 58.9 Å². The molecule has 1 N–H and O–H groups in total. The minimum atomic E-state index is -0.0763. The highest BCUT2D eigenvalue weighted by Gasteiger charge is 2.20. The van der Waals surface area contributed by atoms with E-state index in [4.69, 9.17) is 0 Å². The molecular formula is C20H22N4OS. The van der Waals surface area contributed by atoms with Crippen LogP contribution in [0.5, 0.6) is 0 Å². The molecule has 5 nitrogen and oxygen atoms in total. The average molecular weight is 366 g/mol. The molecule has 0 radical (unpaired) electrons. The number of rotatable bonds is 4. The zero-order chi connectivity index (χ0) is 18.1. The van der Waals surface area contributed by atoms with Crippen molar-refractivity contribution in [1.82, 2.24) is 9.55 Å². The Kier molecular flexibility index (Phi) is 4.51. The first-order valence-corrected chi connectivity index (χ1v) is 9.77. The second-order valence-electron chi connectivity index (χ2n) is 6.60. The zero-order valence-electron chi connectivity index (χ0n) is 15.0. The van der Waals surface area contributed by atoms with Gasteiger partial charge in [-0.2, -0.15) is 0 Å². The van der Waals surface area contributed by atoms with Crippen molar-refractivity contribution in [1.29, 1.82) is 0 Å². The van der Waals surface area contributed by atoms with Crippen molar-refractivity contribution in [2.24, 2.45) is 0 Å². The summed E-state index contributed by atoms with van der Waals surface area (Å²) < 4.78 is 2.03. The molecule has 1 aliphatic rings. The van der Waals surface area contributed by atoms with Crippen molar-refractivity contribution < 1.29 is 4.79 Å². The van der Waals surface area contributed by atoms with Crippen molar-refractivity contribution >= 4 is 28.6 Å². The Hall–Kier alpha value is -2.60. The van der Waals surface area contributed by atoms with Gasteiger partial charge in [-0.05, 0) is 44.9 Å². The maximum Gasteiger partial charge on any atom is 0.257 e. The molecule has 26 heavy (non-hydrogen) atoms. The van der Waals surface area contributed by atoms with Gasteiger partial charge in [0.1, 0.15) is 0 Å². The fraction of sp³-hybridized carbons (Fsp3) is 0.300. The number of hydrogen-bond donors (Lipinski definition) is 1. The van der Waals surface area contributed by atoms with Gasteiger partial charge in [-0.25, -0.2) is 4.98 Å². The van der Waals surface area contributed by atoms with Gasteiger partial charge in [-0.15, -0.1) is 11.3 Å². The Morgan fingerprint density at radius 3 is 2.69 bits per heavy atom. The van der Waals surface area contributed by atoms with E-state index in [0.29, 0.717) is 5.56 Å². The van der Waals surface area contributed by atoms with Crippen molar-refractivity contribution in [3.8, 4) is 5.13 Å². The number of nitrogens with one attached hydrogen (secondary N) is 1. The van der Waals surface area contributed by atoms with Crippen LogP contribution in [0.15, 0.2) is 41.9 Å². The Bertz CT molecular complexity index is 923. The van der Waals surface area contributed by atoms with Gasteiger partial charge >= 0.3 is 0 Å². The summed E-state index contributed by atoms with van der Waals surface area (Å²) in [6.45, 7) is 6.07. The van der Waals surface area contributed by atoms with E-state index < -0.39 is 0 Å². The van der Waals surface area contributed by atoms with Crippen molar-refractivity contribution in [2.45, 2.75) is 26.7 Å². The van der Waals surface area contributed by atoms with Gasteiger partial charge < -0.3 is 10.2 Å². The van der Waals surface area contributed by atoms with Crippen LogP contribution >= 0.6 is 11.3 Å². The predicted octanol–water partition coefficient (Wildman–Crippen LogP) is 4.40. The van der Waals surface area contributed by atoms with Gasteiger partial charge in [0.05, 0.1) is 16.9 Å². The van der Waals surface area contributed by atoms with Crippen LogP contribution in [0.1, 0.15) is 34.6 Å². The Morgan fingerprint density at radius 2 is 1.96 bits per heavy atom. The minimum Gasteiger partial charge on any atom is -0.370 e. The van der Waals surface area contributed by atoms with E-state index in [9.17, 15) is 4.79 Å². The van der Waals surface area contributed by atoms with Crippen LogP contribution in [0.2, 0.25) is 0 Å². The molecule has 0 unspecified atom stereocenters. The third-order valence-electron chi connectivity index (χ3n) is 4.89. The van der Waals surface area contributed by atoms with Gasteiger partial charge in [-0.3, -0.25) is 9.36 Å². The van der Waals surface area contributed by atoms with E-state index in [1.165, 1.54) is 12.8 Å². The molecule has 0 aliphatic carbocycles. The third-order valence-corrected chi connectivity index (χ3v) is 5.64. The number of amides is 1. The molecule has 0 atom stereocenters. The summed E-state index contributed by atoms with van der Waals surface area (Å²) in [6, 6.07) is 9.99. The van der Waals surface area contributed by atoms with E-state index in [0.717, 1.165) is 41.0 Å². The summed E-state index contributed by atoms with van der Waals surface area (Å²) in [5, 5.41) is 5.95. The summed E-state index contributed by atoms with van der Waals surface area (Å²) >= 11 is 1.57. The fourth-order valence-electron chi connectivity index (χ4n) is 3.62. The number of carbonyl (C=O) groups is 1. The van der Waals surface area contributed by atoms with Crippen molar-refractivity contribution in [3.63, 3.8) is 0 Å². The summed E-state index contributed by atoms with van der Waals surface area (Å²) in [7, 11) is 0. The quantitative estimate of drug-likeness (QED) is 0.744. The summed E-state index contributed by atoms with van der Waals surface area (Å²) in [6.07, 6.45) is 4.19. The Labute approximate surface area is 157 Å². The first kappa shape index (κ1) is 16.8. The molecule has 1 aromatic carbocycles. The Balaban J connectivity index is 1.63. The number of carbonyl (C=O) groups excluding carboxylic acids is 1. The van der Waals surface area contributed by atoms with Crippen LogP contribution in [0.3, 0.4) is 0 Å². The third kappa shape index (κ3) is 3.01. The smallest absolute Gasteiger partial charge is 0.257 e. The van der Waals surface area contributed by atoms with Crippen LogP contribution in [-0.2, 0) is 0 Å². The maximum atomic E-state index is 13.0. The number of aryl methyl sites for hydroxylation is 1. The van der Waals surface area contributed by atoms with Gasteiger partial charge in [0.2, 0.25) is 0 Å². The van der Waals surface area contributed by atoms with E-state index in [1.807, 2.05) is 48.1 Å². The molecule has 1 amide bonds. The average Bonchev–Trinajstić information content (AvgIpc) is 3.37. The molecule has 0 bridgehead atoms. The maximum absolute atomic E-state index is 13.0. The van der Waals surface area contributed by atoms with Gasteiger partial charge in [0, 0.05) is 36.1 Å². The van der Waals surface area contributed by atoms with E-state index in [2.05, 4.69) is 21.3 Å². The largest absolute Gasteiger partial charge is 0.370 e. The summed E-state index contributed by atoms with van der Waals surface area (Å²) in [4.78, 5) is 19.7. The molecule has 1 fully saturated rings. The van der Waals surface area contributed by atoms with Gasteiger partial charge in [0.15, 0.2) is 5.13 Å². The SMILES string of the molecule is Cc1cc(C(=O)Nc2ccccc2N2CCCC2)c(C)n1-c1nccs1. The molecule has 3 aromatic rings. The monoisotopic (exact) mass is 366 g/mol. The predicted molar refractivity (Wildman–Crippen MR) is 107 cm³/mol. The van der Waals surface area contributed by atoms with E-state index in [-0.39, 0.29) is 5.91 Å². The molecule has 6 heteroatoms. The lowest BCUT2D eigenvalue weighted by Crippen LogP contribution is -2.21. The van der Waals surface area contributed by atoms with E-state index in [1.54, 1.807) is 17.5 Å². The number of para-hydroxylation sites is 2. The van der Waals surface area contributed by atoms with Crippen molar-refractivity contribution in [2.75, 3.05) is 23.3 Å². The number of benzene rings is 1. The van der Waals surface area contributed by atoms with Crippen LogP contribution in [0.25, 0.3) is 5.13 Å². The van der Waals surface area contributed by atoms with Crippen LogP contribution < -0.4 is 10.2 Å². The molecule has 1 saturated heterocycles. The molecule has 1 aliphatic heterocycles. The number of hydrogen-bond acceptors (Lipinski definition) is 4. The first-order chi connectivity index (χ1) is 12.6. The highest BCUT2D eigenvalue weighted by Crippen LogP contribution is 2.30. The lowest BCUT2D eigenvalue weighted by molar-refractivity contribution is 0.102. The molecule has 0 saturated carbocycles. The summed E-state index contributed by atoms with van der Waals surface area (Å²) in [5.74, 6) is -0.0763. The van der Waals surface area contributed by atoms with Gasteiger partial charge in [-0.1, -0.05) is 12.1 Å².